The van der Waals surface area contributed by atoms with Crippen molar-refractivity contribution in [2.75, 3.05) is 12.5 Å². The van der Waals surface area contributed by atoms with Crippen molar-refractivity contribution in [1.29, 1.82) is 0 Å². The Morgan fingerprint density at radius 3 is 2.83 bits per heavy atom. The van der Waals surface area contributed by atoms with Gasteiger partial charge in [-0.15, -0.1) is 0 Å². The maximum Gasteiger partial charge on any atom is 0.140 e. The Hall–Kier alpha value is -1.98. The number of nitrogens with one attached hydrogen (secondary N) is 1. The van der Waals surface area contributed by atoms with E-state index < -0.39 is 0 Å². The number of nitrogens with zero attached hydrogens (tertiary/aromatic N) is 3. The van der Waals surface area contributed by atoms with Crippen LogP contribution in [0.25, 0.3) is 0 Å². The molecule has 0 aliphatic rings. The molecule has 18 heavy (non-hydrogen) atoms. The molecule has 0 unspecified atom stereocenters. The van der Waals surface area contributed by atoms with Crippen molar-refractivity contribution in [2.24, 2.45) is 5.84 Å². The number of rotatable bonds is 5. The maximum absolute atomic E-state index is 5.34. The third-order valence-corrected chi connectivity index (χ3v) is 2.56. The first-order chi connectivity index (χ1) is 8.78. The van der Waals surface area contributed by atoms with Gasteiger partial charge in [-0.2, -0.15) is 0 Å². The minimum absolute atomic E-state index is 0.683. The quantitative estimate of drug-likeness (QED) is 0.613. The van der Waals surface area contributed by atoms with Gasteiger partial charge in [-0.25, -0.2) is 10.8 Å². The predicted molar refractivity (Wildman–Crippen MR) is 71.5 cm³/mol. The minimum Gasteiger partial charge on any atom is -0.308 e. The molecule has 0 saturated carbocycles. The van der Waals surface area contributed by atoms with Crippen LogP contribution in [0.1, 0.15) is 11.3 Å². The first-order valence-corrected chi connectivity index (χ1v) is 5.78. The van der Waals surface area contributed by atoms with Crippen LogP contribution < -0.4 is 11.3 Å². The number of anilines is 1. The summed E-state index contributed by atoms with van der Waals surface area (Å²) in [5.41, 5.74) is 4.72. The number of pyridine rings is 2. The third-order valence-electron chi connectivity index (χ3n) is 2.56. The lowest BCUT2D eigenvalue weighted by Crippen LogP contribution is -2.18. The van der Waals surface area contributed by atoms with E-state index in [0.717, 1.165) is 18.8 Å². The SMILES string of the molecule is CN(Cc1cccnc1)Cc1cccc(NN)n1. The van der Waals surface area contributed by atoms with Crippen LogP contribution >= 0.6 is 0 Å². The number of aromatic nitrogens is 2. The van der Waals surface area contributed by atoms with Crippen LogP contribution in [0, 0.1) is 0 Å². The average Bonchev–Trinajstić information content (AvgIpc) is 2.40. The molecule has 0 bridgehead atoms. The molecule has 0 aliphatic carbocycles. The molecule has 0 saturated heterocycles. The van der Waals surface area contributed by atoms with E-state index in [1.54, 1.807) is 6.20 Å². The Labute approximate surface area is 107 Å². The zero-order chi connectivity index (χ0) is 12.8. The van der Waals surface area contributed by atoms with Crippen molar-refractivity contribution in [3.05, 3.63) is 54.0 Å². The van der Waals surface area contributed by atoms with Crippen LogP contribution in [0.3, 0.4) is 0 Å². The molecule has 2 aromatic heterocycles. The van der Waals surface area contributed by atoms with Crippen LogP contribution in [0.5, 0.6) is 0 Å². The van der Waals surface area contributed by atoms with E-state index in [4.69, 9.17) is 5.84 Å². The number of nitrogen functional groups attached to an aromatic ring is 1. The van der Waals surface area contributed by atoms with Crippen molar-refractivity contribution in [1.82, 2.24) is 14.9 Å². The standard InChI is InChI=1S/C13H17N5/c1-18(9-11-4-3-7-15-8-11)10-12-5-2-6-13(16-12)17-14/h2-8H,9-10,14H2,1H3,(H,16,17). The van der Waals surface area contributed by atoms with Gasteiger partial charge < -0.3 is 5.43 Å². The van der Waals surface area contributed by atoms with Crippen molar-refractivity contribution in [3.8, 4) is 0 Å². The van der Waals surface area contributed by atoms with Gasteiger partial charge >= 0.3 is 0 Å². The summed E-state index contributed by atoms with van der Waals surface area (Å²) in [6.07, 6.45) is 3.66. The van der Waals surface area contributed by atoms with Gasteiger partial charge in [-0.1, -0.05) is 12.1 Å². The molecule has 3 N–H and O–H groups in total. The lowest BCUT2D eigenvalue weighted by molar-refractivity contribution is 0.315. The molecular formula is C13H17N5. The molecule has 5 heteroatoms. The normalized spacial score (nSPS) is 10.6. The highest BCUT2D eigenvalue weighted by molar-refractivity contribution is 5.33. The molecule has 0 spiro atoms. The van der Waals surface area contributed by atoms with Crippen LogP contribution in [0.2, 0.25) is 0 Å². The third kappa shape index (κ3) is 3.51. The zero-order valence-electron chi connectivity index (χ0n) is 10.4. The predicted octanol–water partition coefficient (Wildman–Crippen LogP) is 1.39. The Morgan fingerprint density at radius 2 is 2.11 bits per heavy atom. The Kier molecular flexibility index (Phi) is 4.22. The van der Waals surface area contributed by atoms with Gasteiger partial charge in [0.1, 0.15) is 5.82 Å². The largest absolute Gasteiger partial charge is 0.308 e. The molecule has 0 aromatic carbocycles. The van der Waals surface area contributed by atoms with E-state index in [0.29, 0.717) is 5.82 Å². The van der Waals surface area contributed by atoms with Crippen molar-refractivity contribution in [3.63, 3.8) is 0 Å². The number of hydrazine groups is 1. The van der Waals surface area contributed by atoms with Gasteiger partial charge in [0.05, 0.1) is 5.69 Å². The smallest absolute Gasteiger partial charge is 0.140 e. The van der Waals surface area contributed by atoms with Crippen LogP contribution in [-0.4, -0.2) is 21.9 Å². The first kappa shape index (κ1) is 12.5. The Morgan fingerprint density at radius 1 is 1.22 bits per heavy atom. The molecule has 0 fully saturated rings. The molecule has 0 aliphatic heterocycles. The van der Waals surface area contributed by atoms with Crippen molar-refractivity contribution < 1.29 is 0 Å². The van der Waals surface area contributed by atoms with E-state index in [1.807, 2.05) is 30.5 Å². The summed E-state index contributed by atoms with van der Waals surface area (Å²) in [4.78, 5) is 10.7. The fraction of sp³-hybridized carbons (Fsp3) is 0.231. The Balaban J connectivity index is 1.96. The van der Waals surface area contributed by atoms with Gasteiger partial charge in [-0.05, 0) is 30.8 Å². The van der Waals surface area contributed by atoms with Crippen LogP contribution in [-0.2, 0) is 13.1 Å². The lowest BCUT2D eigenvalue weighted by Gasteiger charge is -2.16. The van der Waals surface area contributed by atoms with Crippen LogP contribution in [0.15, 0.2) is 42.7 Å². The highest BCUT2D eigenvalue weighted by Gasteiger charge is 2.03. The van der Waals surface area contributed by atoms with Crippen molar-refractivity contribution >= 4 is 5.82 Å². The topological polar surface area (TPSA) is 67.1 Å². The first-order valence-electron chi connectivity index (χ1n) is 5.78. The summed E-state index contributed by atoms with van der Waals surface area (Å²) in [6, 6.07) is 9.77. The fourth-order valence-electron chi connectivity index (χ4n) is 1.78. The molecule has 5 nitrogen and oxygen atoms in total. The lowest BCUT2D eigenvalue weighted by atomic mass is 10.2. The zero-order valence-corrected chi connectivity index (χ0v) is 10.4. The summed E-state index contributed by atoms with van der Waals surface area (Å²) in [5.74, 6) is 6.02. The summed E-state index contributed by atoms with van der Waals surface area (Å²) < 4.78 is 0. The van der Waals surface area contributed by atoms with E-state index in [2.05, 4.69) is 33.4 Å². The molecule has 2 aromatic rings. The van der Waals surface area contributed by atoms with Crippen molar-refractivity contribution in [2.45, 2.75) is 13.1 Å². The summed E-state index contributed by atoms with van der Waals surface area (Å²) in [6.45, 7) is 1.61. The van der Waals surface area contributed by atoms with Crippen LogP contribution in [0.4, 0.5) is 5.82 Å². The van der Waals surface area contributed by atoms with Gasteiger partial charge in [0, 0.05) is 25.5 Å². The highest BCUT2D eigenvalue weighted by atomic mass is 15.2. The number of hydrogen-bond donors (Lipinski definition) is 2. The summed E-state index contributed by atoms with van der Waals surface area (Å²) in [5, 5.41) is 0. The average molecular weight is 243 g/mol. The number of hydrogen-bond acceptors (Lipinski definition) is 5. The fourth-order valence-corrected chi connectivity index (χ4v) is 1.78. The summed E-state index contributed by atoms with van der Waals surface area (Å²) in [7, 11) is 2.05. The van der Waals surface area contributed by atoms with Gasteiger partial charge in [0.2, 0.25) is 0 Å². The maximum atomic E-state index is 5.34. The molecular weight excluding hydrogens is 226 g/mol. The molecule has 0 radical (unpaired) electrons. The molecule has 94 valence electrons. The monoisotopic (exact) mass is 243 g/mol. The molecule has 2 heterocycles. The molecule has 2 rings (SSSR count). The van der Waals surface area contributed by atoms with Gasteiger partial charge in [-0.3, -0.25) is 9.88 Å². The van der Waals surface area contributed by atoms with E-state index in [1.165, 1.54) is 5.56 Å². The number of nitrogens with two attached hydrogens (primary N) is 1. The van der Waals surface area contributed by atoms with Gasteiger partial charge in [0.15, 0.2) is 0 Å². The van der Waals surface area contributed by atoms with Gasteiger partial charge in [0.25, 0.3) is 0 Å². The molecule has 0 atom stereocenters. The summed E-state index contributed by atoms with van der Waals surface area (Å²) >= 11 is 0. The second-order valence-corrected chi connectivity index (χ2v) is 4.19. The molecule has 0 amide bonds. The van der Waals surface area contributed by atoms with E-state index in [-0.39, 0.29) is 0 Å². The van der Waals surface area contributed by atoms with E-state index in [9.17, 15) is 0 Å². The Bertz CT molecular complexity index is 486. The van der Waals surface area contributed by atoms with E-state index >= 15 is 0 Å². The minimum atomic E-state index is 0.683. The highest BCUT2D eigenvalue weighted by Crippen LogP contribution is 2.08. The second kappa shape index (κ2) is 6.09. The second-order valence-electron chi connectivity index (χ2n) is 4.19.